The summed E-state index contributed by atoms with van der Waals surface area (Å²) in [6.45, 7) is 9.58. The Balaban J connectivity index is 1.98. The molecule has 1 aliphatic heterocycles. The predicted octanol–water partition coefficient (Wildman–Crippen LogP) is 3.79. The number of nitrogens with zero attached hydrogens (tertiary/aromatic N) is 3. The van der Waals surface area contributed by atoms with Gasteiger partial charge in [0.15, 0.2) is 0 Å². The molecular formula is C24H30F3N5O4. The molecule has 0 saturated carbocycles. The summed E-state index contributed by atoms with van der Waals surface area (Å²) in [5.74, 6) is -0.676. The average Bonchev–Trinajstić information content (AvgIpc) is 2.92. The number of alkyl carbamates (subject to hydrolysis) is 1. The van der Waals surface area contributed by atoms with Crippen LogP contribution < -0.4 is 15.5 Å². The normalized spacial score (nSPS) is 16.0. The van der Waals surface area contributed by atoms with Crippen molar-refractivity contribution >= 4 is 23.7 Å². The monoisotopic (exact) mass is 509 g/mol. The van der Waals surface area contributed by atoms with Crippen LogP contribution in [0.5, 0.6) is 0 Å². The van der Waals surface area contributed by atoms with Crippen molar-refractivity contribution in [3.8, 4) is 6.07 Å². The summed E-state index contributed by atoms with van der Waals surface area (Å²) in [6, 6.07) is 3.44. The number of benzene rings is 1. The molecule has 4 amide bonds. The summed E-state index contributed by atoms with van der Waals surface area (Å²) in [7, 11) is 0. The zero-order valence-corrected chi connectivity index (χ0v) is 20.8. The maximum atomic E-state index is 13.4. The number of halogens is 3. The zero-order valence-electron chi connectivity index (χ0n) is 20.8. The van der Waals surface area contributed by atoms with Crippen LogP contribution in [-0.4, -0.2) is 60.3 Å². The van der Waals surface area contributed by atoms with E-state index in [9.17, 15) is 27.6 Å². The lowest BCUT2D eigenvalue weighted by atomic mass is 10.0. The molecule has 1 heterocycles. The molecule has 12 heteroatoms. The highest BCUT2D eigenvalue weighted by Gasteiger charge is 2.51. The van der Waals surface area contributed by atoms with Crippen molar-refractivity contribution < 1.29 is 32.3 Å². The Kier molecular flexibility index (Phi) is 8.75. The van der Waals surface area contributed by atoms with E-state index in [1.54, 1.807) is 32.9 Å². The third kappa shape index (κ3) is 6.97. The number of carbonyl (C=O) groups excluding carboxylic acids is 3. The van der Waals surface area contributed by atoms with Gasteiger partial charge in [0.1, 0.15) is 11.1 Å². The first-order valence-electron chi connectivity index (χ1n) is 11.2. The summed E-state index contributed by atoms with van der Waals surface area (Å²) < 4.78 is 45.2. The van der Waals surface area contributed by atoms with Crippen molar-refractivity contribution in [2.75, 3.05) is 31.1 Å². The van der Waals surface area contributed by atoms with Crippen LogP contribution in [0, 0.1) is 11.3 Å². The van der Waals surface area contributed by atoms with Crippen molar-refractivity contribution in [3.63, 3.8) is 0 Å². The van der Waals surface area contributed by atoms with Gasteiger partial charge in [-0.3, -0.25) is 4.79 Å². The zero-order chi connectivity index (χ0) is 27.3. The molecule has 1 fully saturated rings. The lowest BCUT2D eigenvalue weighted by Gasteiger charge is -2.26. The van der Waals surface area contributed by atoms with Crippen molar-refractivity contribution in [3.05, 3.63) is 41.5 Å². The van der Waals surface area contributed by atoms with Crippen LogP contribution in [-0.2, 0) is 15.7 Å². The van der Waals surface area contributed by atoms with E-state index in [2.05, 4.69) is 10.6 Å². The van der Waals surface area contributed by atoms with E-state index in [4.69, 9.17) is 10.00 Å². The van der Waals surface area contributed by atoms with Crippen molar-refractivity contribution in [1.29, 1.82) is 5.26 Å². The summed E-state index contributed by atoms with van der Waals surface area (Å²) in [5.41, 5.74) is -3.95. The minimum atomic E-state index is -4.82. The Morgan fingerprint density at radius 1 is 1.17 bits per heavy atom. The Bertz CT molecular complexity index is 1070. The maximum Gasteiger partial charge on any atom is 0.417 e. The summed E-state index contributed by atoms with van der Waals surface area (Å²) >= 11 is 0. The van der Waals surface area contributed by atoms with E-state index in [-0.39, 0.29) is 12.2 Å². The van der Waals surface area contributed by atoms with Crippen LogP contribution in [0.4, 0.5) is 28.4 Å². The third-order valence-corrected chi connectivity index (χ3v) is 5.20. The number of rotatable bonds is 8. The Morgan fingerprint density at radius 3 is 2.42 bits per heavy atom. The molecule has 36 heavy (non-hydrogen) atoms. The third-order valence-electron chi connectivity index (χ3n) is 5.20. The maximum absolute atomic E-state index is 13.4. The number of ether oxygens (including phenoxy) is 1. The highest BCUT2D eigenvalue weighted by Crippen LogP contribution is 2.37. The number of hydrogen-bond acceptors (Lipinski definition) is 6. The molecule has 0 aliphatic carbocycles. The summed E-state index contributed by atoms with van der Waals surface area (Å²) in [6.07, 6.45) is -1.95. The number of nitrogens with one attached hydrogen (secondary N) is 2. The van der Waals surface area contributed by atoms with E-state index in [0.717, 1.165) is 12.1 Å². The van der Waals surface area contributed by atoms with Gasteiger partial charge in [0.25, 0.3) is 5.91 Å². The van der Waals surface area contributed by atoms with Crippen LogP contribution in [0.2, 0.25) is 0 Å². The molecule has 1 aliphatic rings. The molecular weight excluding hydrogens is 479 g/mol. The van der Waals surface area contributed by atoms with Gasteiger partial charge in [0, 0.05) is 26.2 Å². The van der Waals surface area contributed by atoms with E-state index in [1.807, 2.05) is 0 Å². The Hall–Kier alpha value is -3.59. The number of amides is 4. The molecule has 1 aromatic carbocycles. The first-order chi connectivity index (χ1) is 16.6. The molecule has 0 aromatic heterocycles. The van der Waals surface area contributed by atoms with Gasteiger partial charge in [-0.1, -0.05) is 12.2 Å². The molecule has 0 radical (unpaired) electrons. The molecule has 0 atom stereocenters. The Labute approximate surface area is 207 Å². The SMILES string of the molecule is CC(C)(C)OC(=O)NCCNCC=CCN1C(=O)N(c2ccc(C#N)c(C(F)(F)F)c2)C(=O)C1(C)C. The van der Waals surface area contributed by atoms with E-state index in [0.29, 0.717) is 30.6 Å². The molecule has 196 valence electrons. The number of urea groups is 1. The summed E-state index contributed by atoms with van der Waals surface area (Å²) in [4.78, 5) is 39.5. The average molecular weight is 510 g/mol. The van der Waals surface area contributed by atoms with Gasteiger partial charge in [-0.25, -0.2) is 14.5 Å². The smallest absolute Gasteiger partial charge is 0.417 e. The first-order valence-corrected chi connectivity index (χ1v) is 11.2. The molecule has 1 aromatic rings. The van der Waals surface area contributed by atoms with Crippen molar-refractivity contribution in [1.82, 2.24) is 15.5 Å². The number of alkyl halides is 3. The minimum Gasteiger partial charge on any atom is -0.444 e. The molecule has 0 unspecified atom stereocenters. The fraction of sp³-hybridized carbons (Fsp3) is 0.500. The number of imide groups is 1. The Morgan fingerprint density at radius 2 is 1.83 bits per heavy atom. The predicted molar refractivity (Wildman–Crippen MR) is 126 cm³/mol. The molecule has 2 rings (SSSR count). The van der Waals surface area contributed by atoms with Crippen molar-refractivity contribution in [2.45, 2.75) is 51.9 Å². The van der Waals surface area contributed by atoms with Crippen LogP contribution in [0.3, 0.4) is 0 Å². The van der Waals surface area contributed by atoms with Gasteiger partial charge >= 0.3 is 18.3 Å². The van der Waals surface area contributed by atoms with Crippen molar-refractivity contribution in [2.24, 2.45) is 0 Å². The number of carbonyl (C=O) groups is 3. The first kappa shape index (κ1) is 28.6. The second-order valence-electron chi connectivity index (χ2n) is 9.54. The van der Waals surface area contributed by atoms with E-state index >= 15 is 0 Å². The van der Waals surface area contributed by atoms with E-state index in [1.165, 1.54) is 24.8 Å². The molecule has 0 bridgehead atoms. The fourth-order valence-electron chi connectivity index (χ4n) is 3.39. The molecule has 9 nitrogen and oxygen atoms in total. The fourth-order valence-corrected chi connectivity index (χ4v) is 3.39. The van der Waals surface area contributed by atoms with Gasteiger partial charge in [0.2, 0.25) is 0 Å². The molecule has 1 saturated heterocycles. The largest absolute Gasteiger partial charge is 0.444 e. The standard InChI is InChI=1S/C24H30F3N5O4/c1-22(2,3)36-20(34)30-12-11-29-10-6-7-13-31-21(35)32(19(33)23(31,4)5)17-9-8-16(15-28)18(14-17)24(25,26)27/h6-9,14,29H,10-13H2,1-5H3,(H,30,34). The van der Waals surface area contributed by atoms with Crippen LogP contribution >= 0.6 is 0 Å². The topological polar surface area (TPSA) is 115 Å². The van der Waals surface area contributed by atoms with E-state index < -0.39 is 46.5 Å². The minimum absolute atomic E-state index is 0.0499. The second-order valence-corrected chi connectivity index (χ2v) is 9.54. The number of hydrogen-bond donors (Lipinski definition) is 2. The molecule has 2 N–H and O–H groups in total. The number of anilines is 1. The van der Waals surface area contributed by atoms with Gasteiger partial charge in [0.05, 0.1) is 22.9 Å². The van der Waals surface area contributed by atoms with Gasteiger partial charge in [-0.15, -0.1) is 0 Å². The molecule has 0 spiro atoms. The second kappa shape index (κ2) is 11.0. The quantitative estimate of drug-likeness (QED) is 0.313. The van der Waals surface area contributed by atoms with Crippen LogP contribution in [0.25, 0.3) is 0 Å². The van der Waals surface area contributed by atoms with Gasteiger partial charge in [-0.2, -0.15) is 18.4 Å². The van der Waals surface area contributed by atoms with Gasteiger partial charge < -0.3 is 20.3 Å². The van der Waals surface area contributed by atoms with Crippen LogP contribution in [0.15, 0.2) is 30.4 Å². The number of nitriles is 1. The highest BCUT2D eigenvalue weighted by molar-refractivity contribution is 6.23. The summed E-state index contributed by atoms with van der Waals surface area (Å²) in [5, 5.41) is 14.6. The highest BCUT2D eigenvalue weighted by atomic mass is 19.4. The lowest BCUT2D eigenvalue weighted by Crippen LogP contribution is -2.44. The lowest BCUT2D eigenvalue weighted by molar-refractivity contribution is -0.137. The van der Waals surface area contributed by atoms with Gasteiger partial charge in [-0.05, 0) is 52.8 Å². The van der Waals surface area contributed by atoms with Crippen LogP contribution in [0.1, 0.15) is 45.7 Å².